The van der Waals surface area contributed by atoms with Gasteiger partial charge in [-0.05, 0) is 16.7 Å². The lowest BCUT2D eigenvalue weighted by molar-refractivity contribution is 0.134. The maximum absolute atomic E-state index is 14.1. The Hall–Kier alpha value is -1.65. The van der Waals surface area contributed by atoms with Crippen LogP contribution in [0.4, 0.5) is 8.78 Å². The van der Waals surface area contributed by atoms with Crippen molar-refractivity contribution in [1.82, 2.24) is 0 Å². The second-order valence-corrected chi connectivity index (χ2v) is 5.32. The van der Waals surface area contributed by atoms with Crippen LogP contribution >= 0.6 is 11.6 Å². The van der Waals surface area contributed by atoms with E-state index >= 15 is 0 Å². The lowest BCUT2D eigenvalue weighted by Gasteiger charge is -2.14. The summed E-state index contributed by atoms with van der Waals surface area (Å²) in [6.45, 7) is 1.06. The Morgan fingerprint density at radius 2 is 1.76 bits per heavy atom. The van der Waals surface area contributed by atoms with Crippen LogP contribution in [-0.2, 0) is 18.0 Å². The highest BCUT2D eigenvalue weighted by Gasteiger charge is 2.23. The standard InChI is InChI=1S/C16H13ClF2O2/c1-20-12-5-13(18)15(14(19)6-12)16(17)9-2-3-10-7-21-8-11(10)4-9/h2-6,16H,7-8H2,1H3. The van der Waals surface area contributed by atoms with Gasteiger partial charge in [0.25, 0.3) is 0 Å². The van der Waals surface area contributed by atoms with Gasteiger partial charge >= 0.3 is 0 Å². The topological polar surface area (TPSA) is 18.5 Å². The van der Waals surface area contributed by atoms with Crippen molar-refractivity contribution in [2.24, 2.45) is 0 Å². The number of alkyl halides is 1. The number of benzene rings is 2. The van der Waals surface area contributed by atoms with Gasteiger partial charge in [0.1, 0.15) is 17.4 Å². The van der Waals surface area contributed by atoms with Crippen molar-refractivity contribution in [3.05, 3.63) is 64.2 Å². The molecular weight excluding hydrogens is 298 g/mol. The average molecular weight is 311 g/mol. The Morgan fingerprint density at radius 3 is 2.43 bits per heavy atom. The molecule has 5 heteroatoms. The van der Waals surface area contributed by atoms with Gasteiger partial charge in [-0.3, -0.25) is 0 Å². The third-order valence-electron chi connectivity index (χ3n) is 3.58. The average Bonchev–Trinajstić information content (AvgIpc) is 2.93. The fraction of sp³-hybridized carbons (Fsp3) is 0.250. The first kappa shape index (κ1) is 14.3. The molecule has 2 aromatic carbocycles. The van der Waals surface area contributed by atoms with Gasteiger partial charge in [0.2, 0.25) is 0 Å². The molecule has 0 N–H and O–H groups in total. The molecule has 0 saturated carbocycles. The Morgan fingerprint density at radius 1 is 1.10 bits per heavy atom. The van der Waals surface area contributed by atoms with E-state index in [1.165, 1.54) is 7.11 Å². The number of hydrogen-bond acceptors (Lipinski definition) is 2. The third-order valence-corrected chi connectivity index (χ3v) is 4.05. The van der Waals surface area contributed by atoms with Gasteiger partial charge in [0, 0.05) is 17.7 Å². The molecule has 2 nitrogen and oxygen atoms in total. The normalized spacial score (nSPS) is 14.9. The Kier molecular flexibility index (Phi) is 3.83. The molecular formula is C16H13ClF2O2. The molecule has 0 spiro atoms. The van der Waals surface area contributed by atoms with E-state index < -0.39 is 17.0 Å². The first-order valence-corrected chi connectivity index (χ1v) is 6.90. The van der Waals surface area contributed by atoms with Crippen LogP contribution in [0, 0.1) is 11.6 Å². The number of rotatable bonds is 3. The largest absolute Gasteiger partial charge is 0.497 e. The van der Waals surface area contributed by atoms with E-state index in [4.69, 9.17) is 21.1 Å². The van der Waals surface area contributed by atoms with Crippen LogP contribution in [0.3, 0.4) is 0 Å². The number of fused-ring (bicyclic) bond motifs is 1. The summed E-state index contributed by atoms with van der Waals surface area (Å²) in [7, 11) is 1.35. The quantitative estimate of drug-likeness (QED) is 0.786. The SMILES string of the molecule is COc1cc(F)c(C(Cl)c2ccc3c(c2)COC3)c(F)c1. The highest BCUT2D eigenvalue weighted by Crippen LogP contribution is 2.36. The van der Waals surface area contributed by atoms with Crippen molar-refractivity contribution in [2.75, 3.05) is 7.11 Å². The van der Waals surface area contributed by atoms with E-state index in [9.17, 15) is 8.78 Å². The van der Waals surface area contributed by atoms with Crippen LogP contribution < -0.4 is 4.74 Å². The van der Waals surface area contributed by atoms with Crippen molar-refractivity contribution in [3.63, 3.8) is 0 Å². The number of methoxy groups -OCH3 is 1. The first-order chi connectivity index (χ1) is 10.1. The minimum Gasteiger partial charge on any atom is -0.497 e. The molecule has 3 rings (SSSR count). The second-order valence-electron chi connectivity index (χ2n) is 4.89. The summed E-state index contributed by atoms with van der Waals surface area (Å²) in [6.07, 6.45) is 0. The molecule has 0 fully saturated rings. The lowest BCUT2D eigenvalue weighted by atomic mass is 9.99. The summed E-state index contributed by atoms with van der Waals surface area (Å²) >= 11 is 6.28. The molecule has 1 atom stereocenters. The van der Waals surface area contributed by atoms with Gasteiger partial charge in [0.15, 0.2) is 0 Å². The van der Waals surface area contributed by atoms with E-state index in [1.807, 2.05) is 12.1 Å². The maximum Gasteiger partial charge on any atom is 0.134 e. The van der Waals surface area contributed by atoms with Gasteiger partial charge in [0.05, 0.1) is 25.7 Å². The smallest absolute Gasteiger partial charge is 0.134 e. The molecule has 0 aliphatic carbocycles. The Bertz CT molecular complexity index is 665. The Labute approximate surface area is 126 Å². The van der Waals surface area contributed by atoms with E-state index in [-0.39, 0.29) is 11.3 Å². The van der Waals surface area contributed by atoms with E-state index in [0.717, 1.165) is 23.3 Å². The van der Waals surface area contributed by atoms with Gasteiger partial charge in [-0.15, -0.1) is 11.6 Å². The van der Waals surface area contributed by atoms with Crippen molar-refractivity contribution >= 4 is 11.6 Å². The minimum atomic E-state index is -0.901. The molecule has 0 amide bonds. The van der Waals surface area contributed by atoms with Gasteiger partial charge in [-0.25, -0.2) is 8.78 Å². The van der Waals surface area contributed by atoms with E-state index in [2.05, 4.69) is 0 Å². The van der Waals surface area contributed by atoms with Crippen molar-refractivity contribution < 1.29 is 18.3 Å². The predicted octanol–water partition coefficient (Wildman–Crippen LogP) is 4.33. The fourth-order valence-electron chi connectivity index (χ4n) is 2.44. The first-order valence-electron chi connectivity index (χ1n) is 6.46. The molecule has 0 aromatic heterocycles. The van der Waals surface area contributed by atoms with Crippen LogP contribution in [0.15, 0.2) is 30.3 Å². The van der Waals surface area contributed by atoms with Crippen LogP contribution in [0.1, 0.15) is 27.6 Å². The molecule has 0 saturated heterocycles. The summed E-state index contributed by atoms with van der Waals surface area (Å²) in [6, 6.07) is 7.75. The fourth-order valence-corrected chi connectivity index (χ4v) is 2.78. The summed E-state index contributed by atoms with van der Waals surface area (Å²) in [5.41, 5.74) is 2.56. The Balaban J connectivity index is 2.00. The summed E-state index contributed by atoms with van der Waals surface area (Å²) in [5, 5.41) is -0.901. The van der Waals surface area contributed by atoms with Crippen LogP contribution in [0.5, 0.6) is 5.75 Å². The lowest BCUT2D eigenvalue weighted by Crippen LogP contribution is -2.03. The van der Waals surface area contributed by atoms with E-state index in [0.29, 0.717) is 18.8 Å². The number of hydrogen-bond donors (Lipinski definition) is 0. The molecule has 0 radical (unpaired) electrons. The van der Waals surface area contributed by atoms with Gasteiger partial charge < -0.3 is 9.47 Å². The summed E-state index contributed by atoms with van der Waals surface area (Å²) in [4.78, 5) is 0. The van der Waals surface area contributed by atoms with Crippen LogP contribution in [0.2, 0.25) is 0 Å². The monoisotopic (exact) mass is 310 g/mol. The minimum absolute atomic E-state index is 0.125. The number of ether oxygens (including phenoxy) is 2. The van der Waals surface area contributed by atoms with Crippen LogP contribution in [-0.4, -0.2) is 7.11 Å². The zero-order valence-electron chi connectivity index (χ0n) is 11.3. The zero-order chi connectivity index (χ0) is 15.0. The molecule has 1 heterocycles. The van der Waals surface area contributed by atoms with Crippen molar-refractivity contribution in [3.8, 4) is 5.75 Å². The van der Waals surface area contributed by atoms with E-state index in [1.54, 1.807) is 6.07 Å². The molecule has 1 aliphatic rings. The highest BCUT2D eigenvalue weighted by atomic mass is 35.5. The van der Waals surface area contributed by atoms with Crippen molar-refractivity contribution in [2.45, 2.75) is 18.6 Å². The second kappa shape index (κ2) is 5.62. The summed E-state index contributed by atoms with van der Waals surface area (Å²) < 4.78 is 38.3. The van der Waals surface area contributed by atoms with Gasteiger partial charge in [-0.2, -0.15) is 0 Å². The van der Waals surface area contributed by atoms with Crippen LogP contribution in [0.25, 0.3) is 0 Å². The number of halogens is 3. The molecule has 2 aromatic rings. The maximum atomic E-state index is 14.1. The van der Waals surface area contributed by atoms with Crippen molar-refractivity contribution in [1.29, 1.82) is 0 Å². The zero-order valence-corrected chi connectivity index (χ0v) is 12.1. The molecule has 1 unspecified atom stereocenters. The molecule has 21 heavy (non-hydrogen) atoms. The third kappa shape index (κ3) is 2.61. The van der Waals surface area contributed by atoms with Gasteiger partial charge in [-0.1, -0.05) is 18.2 Å². The highest BCUT2D eigenvalue weighted by molar-refractivity contribution is 6.22. The summed E-state index contributed by atoms with van der Waals surface area (Å²) in [5.74, 6) is -1.31. The molecule has 1 aliphatic heterocycles. The molecule has 110 valence electrons. The molecule has 0 bridgehead atoms. The predicted molar refractivity (Wildman–Crippen MR) is 75.5 cm³/mol.